The van der Waals surface area contributed by atoms with Crippen molar-refractivity contribution in [2.75, 3.05) is 26.8 Å². The number of hydrogen-bond acceptors (Lipinski definition) is 2. The van der Waals surface area contributed by atoms with Crippen LogP contribution in [0.1, 0.15) is 33.6 Å². The maximum absolute atomic E-state index is 5.13. The Balaban J connectivity index is 3.32. The average molecular weight is 187 g/mol. The molecule has 2 nitrogen and oxygen atoms in total. The van der Waals surface area contributed by atoms with Crippen molar-refractivity contribution in [3.8, 4) is 0 Å². The Labute approximate surface area is 83.1 Å². The number of hydrogen-bond donors (Lipinski definition) is 1. The predicted molar refractivity (Wildman–Crippen MR) is 58.0 cm³/mol. The van der Waals surface area contributed by atoms with Crippen LogP contribution in [0.3, 0.4) is 0 Å². The van der Waals surface area contributed by atoms with E-state index in [0.717, 1.165) is 25.6 Å². The maximum atomic E-state index is 5.13. The fraction of sp³-hybridized carbons (Fsp3) is 1.00. The summed E-state index contributed by atoms with van der Waals surface area (Å²) in [5.41, 5.74) is 0. The molecular weight excluding hydrogens is 162 g/mol. The van der Waals surface area contributed by atoms with Crippen LogP contribution in [0.5, 0.6) is 0 Å². The van der Waals surface area contributed by atoms with Crippen LogP contribution in [0.15, 0.2) is 0 Å². The summed E-state index contributed by atoms with van der Waals surface area (Å²) in [6.07, 6.45) is 2.48. The van der Waals surface area contributed by atoms with Gasteiger partial charge in [-0.2, -0.15) is 0 Å². The Morgan fingerprint density at radius 2 is 1.85 bits per heavy atom. The molecule has 2 unspecified atom stereocenters. The summed E-state index contributed by atoms with van der Waals surface area (Å²) in [5.74, 6) is 1.43. The van der Waals surface area contributed by atoms with Crippen molar-refractivity contribution >= 4 is 0 Å². The average Bonchev–Trinajstić information content (AvgIpc) is 2.12. The highest BCUT2D eigenvalue weighted by Crippen LogP contribution is 2.14. The quantitative estimate of drug-likeness (QED) is 0.589. The summed E-state index contributed by atoms with van der Waals surface area (Å²) in [5, 5.41) is 3.42. The van der Waals surface area contributed by atoms with E-state index in [9.17, 15) is 0 Å². The van der Waals surface area contributed by atoms with Crippen LogP contribution in [0, 0.1) is 11.8 Å². The van der Waals surface area contributed by atoms with Gasteiger partial charge in [0.25, 0.3) is 0 Å². The molecule has 0 fully saturated rings. The number of methoxy groups -OCH3 is 1. The Kier molecular flexibility index (Phi) is 8.46. The molecule has 2 atom stereocenters. The molecule has 13 heavy (non-hydrogen) atoms. The molecule has 0 saturated carbocycles. The first-order chi connectivity index (χ1) is 6.22. The largest absolute Gasteiger partial charge is 0.384 e. The molecule has 2 heteroatoms. The predicted octanol–water partition coefficient (Wildman–Crippen LogP) is 2.29. The third kappa shape index (κ3) is 7.03. The fourth-order valence-electron chi connectivity index (χ4n) is 1.34. The van der Waals surface area contributed by atoms with E-state index < -0.39 is 0 Å². The van der Waals surface area contributed by atoms with Crippen molar-refractivity contribution in [3.05, 3.63) is 0 Å². The molecule has 0 aromatic rings. The molecule has 0 heterocycles. The Hall–Kier alpha value is -0.0800. The molecule has 0 aromatic heterocycles. The van der Waals surface area contributed by atoms with Gasteiger partial charge in [-0.3, -0.25) is 0 Å². The lowest BCUT2D eigenvalue weighted by Crippen LogP contribution is -2.22. The van der Waals surface area contributed by atoms with Crippen LogP contribution in [-0.4, -0.2) is 26.8 Å². The molecule has 0 bridgehead atoms. The number of nitrogens with one attached hydrogen (secondary N) is 1. The minimum atomic E-state index is 0.674. The second-order valence-electron chi connectivity index (χ2n) is 3.95. The number of rotatable bonds is 8. The van der Waals surface area contributed by atoms with Gasteiger partial charge in [0, 0.05) is 13.7 Å². The molecule has 0 spiro atoms. The highest BCUT2D eigenvalue weighted by Gasteiger charge is 2.10. The Morgan fingerprint density at radius 3 is 2.38 bits per heavy atom. The van der Waals surface area contributed by atoms with E-state index in [1.54, 1.807) is 7.11 Å². The van der Waals surface area contributed by atoms with Gasteiger partial charge in [0.2, 0.25) is 0 Å². The molecule has 0 radical (unpaired) electrons. The van der Waals surface area contributed by atoms with E-state index in [-0.39, 0.29) is 0 Å². The van der Waals surface area contributed by atoms with Gasteiger partial charge in [-0.1, -0.05) is 20.8 Å². The summed E-state index contributed by atoms with van der Waals surface area (Å²) >= 11 is 0. The van der Waals surface area contributed by atoms with E-state index in [2.05, 4.69) is 26.1 Å². The molecule has 0 saturated heterocycles. The van der Waals surface area contributed by atoms with Gasteiger partial charge < -0.3 is 10.1 Å². The first-order valence-electron chi connectivity index (χ1n) is 5.42. The van der Waals surface area contributed by atoms with E-state index in [0.29, 0.717) is 5.92 Å². The van der Waals surface area contributed by atoms with Crippen LogP contribution < -0.4 is 5.32 Å². The summed E-state index contributed by atoms with van der Waals surface area (Å²) in [6, 6.07) is 0. The topological polar surface area (TPSA) is 21.3 Å². The molecule has 0 aliphatic carbocycles. The van der Waals surface area contributed by atoms with Gasteiger partial charge in [-0.15, -0.1) is 0 Å². The highest BCUT2D eigenvalue weighted by atomic mass is 16.5. The normalized spacial score (nSPS) is 15.7. The van der Waals surface area contributed by atoms with Crippen LogP contribution in [0.2, 0.25) is 0 Å². The van der Waals surface area contributed by atoms with E-state index in [1.165, 1.54) is 12.8 Å². The molecule has 0 aliphatic heterocycles. The lowest BCUT2D eigenvalue weighted by Gasteiger charge is -2.18. The third-order valence-electron chi connectivity index (χ3n) is 2.60. The van der Waals surface area contributed by atoms with Crippen molar-refractivity contribution in [1.29, 1.82) is 0 Å². The first-order valence-corrected chi connectivity index (χ1v) is 5.42. The Bertz CT molecular complexity index is 106. The fourth-order valence-corrected chi connectivity index (χ4v) is 1.34. The summed E-state index contributed by atoms with van der Waals surface area (Å²) in [7, 11) is 1.78. The standard InChI is InChI=1S/C11H25NO/c1-5-7-12-8-6-10(2)11(3)9-13-4/h10-12H,5-9H2,1-4H3. The highest BCUT2D eigenvalue weighted by molar-refractivity contribution is 4.62. The zero-order valence-corrected chi connectivity index (χ0v) is 9.60. The molecule has 0 aromatic carbocycles. The van der Waals surface area contributed by atoms with Gasteiger partial charge >= 0.3 is 0 Å². The lowest BCUT2D eigenvalue weighted by molar-refractivity contribution is 0.131. The molecule has 0 aliphatic rings. The first kappa shape index (κ1) is 12.9. The second kappa shape index (κ2) is 8.52. The van der Waals surface area contributed by atoms with Crippen molar-refractivity contribution < 1.29 is 4.74 Å². The molecule has 0 rings (SSSR count). The Morgan fingerprint density at radius 1 is 1.15 bits per heavy atom. The molecular formula is C11H25NO. The van der Waals surface area contributed by atoms with Gasteiger partial charge in [0.1, 0.15) is 0 Å². The minimum absolute atomic E-state index is 0.674. The number of ether oxygens (including phenoxy) is 1. The van der Waals surface area contributed by atoms with Crippen LogP contribution >= 0.6 is 0 Å². The van der Waals surface area contributed by atoms with Crippen molar-refractivity contribution in [2.45, 2.75) is 33.6 Å². The van der Waals surface area contributed by atoms with Gasteiger partial charge in [-0.25, -0.2) is 0 Å². The summed E-state index contributed by atoms with van der Waals surface area (Å²) < 4.78 is 5.13. The van der Waals surface area contributed by atoms with Crippen molar-refractivity contribution in [3.63, 3.8) is 0 Å². The maximum Gasteiger partial charge on any atom is 0.0490 e. The van der Waals surface area contributed by atoms with Crippen molar-refractivity contribution in [1.82, 2.24) is 5.32 Å². The zero-order chi connectivity index (χ0) is 10.1. The third-order valence-corrected chi connectivity index (χ3v) is 2.60. The van der Waals surface area contributed by atoms with Crippen LogP contribution in [-0.2, 0) is 4.74 Å². The lowest BCUT2D eigenvalue weighted by atomic mass is 9.94. The molecule has 1 N–H and O–H groups in total. The van der Waals surface area contributed by atoms with E-state index in [4.69, 9.17) is 4.74 Å². The molecule has 0 amide bonds. The van der Waals surface area contributed by atoms with Gasteiger partial charge in [0.05, 0.1) is 0 Å². The molecule has 80 valence electrons. The summed E-state index contributed by atoms with van der Waals surface area (Å²) in [4.78, 5) is 0. The minimum Gasteiger partial charge on any atom is -0.384 e. The second-order valence-corrected chi connectivity index (χ2v) is 3.95. The van der Waals surface area contributed by atoms with Crippen LogP contribution in [0.25, 0.3) is 0 Å². The van der Waals surface area contributed by atoms with Gasteiger partial charge in [-0.05, 0) is 37.8 Å². The smallest absolute Gasteiger partial charge is 0.0490 e. The van der Waals surface area contributed by atoms with Gasteiger partial charge in [0.15, 0.2) is 0 Å². The monoisotopic (exact) mass is 187 g/mol. The van der Waals surface area contributed by atoms with Crippen LogP contribution in [0.4, 0.5) is 0 Å². The van der Waals surface area contributed by atoms with Crippen molar-refractivity contribution in [2.24, 2.45) is 11.8 Å². The SMILES string of the molecule is CCCNCCC(C)C(C)COC. The summed E-state index contributed by atoms with van der Waals surface area (Å²) in [6.45, 7) is 9.93. The zero-order valence-electron chi connectivity index (χ0n) is 9.60. The van der Waals surface area contributed by atoms with E-state index in [1.807, 2.05) is 0 Å². The van der Waals surface area contributed by atoms with E-state index >= 15 is 0 Å².